The highest BCUT2D eigenvalue weighted by Crippen LogP contribution is 2.28. The van der Waals surface area contributed by atoms with E-state index in [9.17, 15) is 13.2 Å². The molecule has 1 amide bonds. The lowest BCUT2D eigenvalue weighted by molar-refractivity contribution is 0.0993. The van der Waals surface area contributed by atoms with Gasteiger partial charge in [0.25, 0.3) is 15.9 Å². The van der Waals surface area contributed by atoms with Crippen molar-refractivity contribution in [2.75, 3.05) is 30.4 Å². The zero-order chi connectivity index (χ0) is 23.6. The molecule has 0 saturated heterocycles. The van der Waals surface area contributed by atoms with Crippen LogP contribution in [0, 0.1) is 13.8 Å². The molecule has 3 aromatic rings. The van der Waals surface area contributed by atoms with E-state index in [1.807, 2.05) is 32.0 Å². The first-order chi connectivity index (χ1) is 15.0. The normalized spacial score (nSPS) is 11.2. The van der Waals surface area contributed by atoms with E-state index in [0.717, 1.165) is 15.4 Å². The molecule has 3 rings (SSSR count). The van der Waals surface area contributed by atoms with E-state index in [1.165, 1.54) is 37.3 Å². The molecule has 0 aliphatic carbocycles. The summed E-state index contributed by atoms with van der Waals surface area (Å²) in [6, 6.07) is 16.6. The van der Waals surface area contributed by atoms with Crippen LogP contribution in [0.15, 0.2) is 65.6 Å². The highest BCUT2D eigenvalue weighted by atomic mass is 35.5. The van der Waals surface area contributed by atoms with Crippen molar-refractivity contribution in [2.45, 2.75) is 18.7 Å². The molecular weight excluding hydrogens is 448 g/mol. The average molecular weight is 473 g/mol. The van der Waals surface area contributed by atoms with Gasteiger partial charge >= 0.3 is 0 Å². The maximum absolute atomic E-state index is 13.2. The van der Waals surface area contributed by atoms with Crippen molar-refractivity contribution in [3.05, 3.63) is 82.4 Å². The second kappa shape index (κ2) is 9.22. The monoisotopic (exact) mass is 472 g/mol. The highest BCUT2D eigenvalue weighted by molar-refractivity contribution is 7.92. The van der Waals surface area contributed by atoms with Crippen molar-refractivity contribution in [2.24, 2.45) is 0 Å². The van der Waals surface area contributed by atoms with Crippen LogP contribution in [0.3, 0.4) is 0 Å². The number of carbonyl (C=O) groups excluding carboxylic acids is 1. The molecular formula is C24H25ClN2O4S. The summed E-state index contributed by atoms with van der Waals surface area (Å²) in [5.74, 6) is 0.220. The average Bonchev–Trinajstić information content (AvgIpc) is 2.77. The Kier molecular flexibility index (Phi) is 6.81. The minimum atomic E-state index is -3.93. The number of halogens is 1. The molecule has 3 aromatic carbocycles. The number of methoxy groups -OCH3 is 1. The first kappa shape index (κ1) is 23.6. The molecule has 0 N–H and O–H groups in total. The second-order valence-electron chi connectivity index (χ2n) is 7.52. The van der Waals surface area contributed by atoms with E-state index in [2.05, 4.69) is 0 Å². The number of amides is 1. The fraction of sp³-hybridized carbons (Fsp3) is 0.208. The molecule has 32 heavy (non-hydrogen) atoms. The minimum Gasteiger partial charge on any atom is -0.497 e. The number of hydrogen-bond acceptors (Lipinski definition) is 4. The summed E-state index contributed by atoms with van der Waals surface area (Å²) in [5, 5.41) is 0.178. The van der Waals surface area contributed by atoms with Crippen molar-refractivity contribution in [1.29, 1.82) is 0 Å². The number of sulfonamides is 1. The van der Waals surface area contributed by atoms with Crippen LogP contribution in [0.4, 0.5) is 11.4 Å². The molecule has 168 valence electrons. The van der Waals surface area contributed by atoms with Crippen molar-refractivity contribution in [3.8, 4) is 5.75 Å². The Bertz CT molecular complexity index is 1240. The van der Waals surface area contributed by atoms with Gasteiger partial charge in [0.15, 0.2) is 0 Å². The summed E-state index contributed by atoms with van der Waals surface area (Å²) in [4.78, 5) is 14.6. The van der Waals surface area contributed by atoms with E-state index >= 15 is 0 Å². The minimum absolute atomic E-state index is 0.0302. The second-order valence-corrected chi connectivity index (χ2v) is 9.90. The Morgan fingerprint density at radius 1 is 0.875 bits per heavy atom. The van der Waals surface area contributed by atoms with Crippen molar-refractivity contribution < 1.29 is 17.9 Å². The zero-order valence-electron chi connectivity index (χ0n) is 18.6. The van der Waals surface area contributed by atoms with Crippen molar-refractivity contribution in [1.82, 2.24) is 0 Å². The topological polar surface area (TPSA) is 66.9 Å². The third-order valence-electron chi connectivity index (χ3n) is 5.16. The van der Waals surface area contributed by atoms with E-state index in [1.54, 1.807) is 31.3 Å². The Labute approximate surface area is 194 Å². The molecule has 8 heteroatoms. The summed E-state index contributed by atoms with van der Waals surface area (Å²) in [5.41, 5.74) is 3.30. The van der Waals surface area contributed by atoms with Gasteiger partial charge in [0, 0.05) is 19.8 Å². The Morgan fingerprint density at radius 3 is 2.03 bits per heavy atom. The van der Waals surface area contributed by atoms with Crippen LogP contribution < -0.4 is 13.9 Å². The van der Waals surface area contributed by atoms with Crippen LogP contribution in [0.2, 0.25) is 5.02 Å². The molecule has 6 nitrogen and oxygen atoms in total. The van der Waals surface area contributed by atoms with E-state index in [4.69, 9.17) is 16.3 Å². The molecule has 0 radical (unpaired) electrons. The number of ether oxygens (including phenoxy) is 1. The third-order valence-corrected chi connectivity index (χ3v) is 7.27. The summed E-state index contributed by atoms with van der Waals surface area (Å²) in [7, 11) is 0.703. The first-order valence-corrected chi connectivity index (χ1v) is 11.7. The van der Waals surface area contributed by atoms with Crippen LogP contribution in [-0.4, -0.2) is 35.5 Å². The predicted molar refractivity (Wildman–Crippen MR) is 129 cm³/mol. The number of hydrogen-bond donors (Lipinski definition) is 0. The van der Waals surface area contributed by atoms with Gasteiger partial charge in [0.05, 0.1) is 28.3 Å². The van der Waals surface area contributed by atoms with Gasteiger partial charge in [0.2, 0.25) is 0 Å². The predicted octanol–water partition coefficient (Wildman–Crippen LogP) is 5.07. The summed E-state index contributed by atoms with van der Waals surface area (Å²) in [6.45, 7) is 3.90. The maximum atomic E-state index is 13.2. The molecule has 0 aliphatic rings. The van der Waals surface area contributed by atoms with Gasteiger partial charge in [-0.3, -0.25) is 9.10 Å². The first-order valence-electron chi connectivity index (χ1n) is 9.83. The lowest BCUT2D eigenvalue weighted by atomic mass is 10.1. The van der Waals surface area contributed by atoms with Gasteiger partial charge in [-0.25, -0.2) is 8.42 Å². The Hall–Kier alpha value is -3.03. The molecule has 0 aliphatic heterocycles. The standard InChI is InChI=1S/C24H25ClN2O4S/c1-16-12-17(2)14-19(13-16)26(3)24(28)22-15-21(10-11-23(22)25)32(29,30)27(4)18-6-8-20(31-5)9-7-18/h6-15H,1-5H3. The SMILES string of the molecule is COc1ccc(N(C)S(=O)(=O)c2ccc(Cl)c(C(=O)N(C)c3cc(C)cc(C)c3)c2)cc1. The van der Waals surface area contributed by atoms with E-state index in [-0.39, 0.29) is 15.5 Å². The number of benzene rings is 3. The van der Waals surface area contributed by atoms with Gasteiger partial charge in [0.1, 0.15) is 5.75 Å². The van der Waals surface area contributed by atoms with Crippen molar-refractivity contribution in [3.63, 3.8) is 0 Å². The van der Waals surface area contributed by atoms with Gasteiger partial charge in [-0.1, -0.05) is 17.7 Å². The van der Waals surface area contributed by atoms with Crippen LogP contribution in [0.5, 0.6) is 5.75 Å². The van der Waals surface area contributed by atoms with Crippen LogP contribution in [0.1, 0.15) is 21.5 Å². The van der Waals surface area contributed by atoms with Crippen LogP contribution >= 0.6 is 11.6 Å². The number of carbonyl (C=O) groups is 1. The molecule has 0 atom stereocenters. The van der Waals surface area contributed by atoms with Gasteiger partial charge in [-0.05, 0) is 79.6 Å². The Morgan fingerprint density at radius 2 is 1.47 bits per heavy atom. The molecule has 0 heterocycles. The lowest BCUT2D eigenvalue weighted by Gasteiger charge is -2.22. The quantitative estimate of drug-likeness (QED) is 0.502. The van der Waals surface area contributed by atoms with Crippen LogP contribution in [0.25, 0.3) is 0 Å². The van der Waals surface area contributed by atoms with Crippen molar-refractivity contribution >= 4 is 38.9 Å². The maximum Gasteiger partial charge on any atom is 0.264 e. The molecule has 0 unspecified atom stereocenters. The van der Waals surface area contributed by atoms with Gasteiger partial charge < -0.3 is 9.64 Å². The smallest absolute Gasteiger partial charge is 0.264 e. The number of nitrogens with zero attached hydrogens (tertiary/aromatic N) is 2. The number of anilines is 2. The summed E-state index contributed by atoms with van der Waals surface area (Å²) < 4.78 is 32.7. The molecule has 0 bridgehead atoms. The lowest BCUT2D eigenvalue weighted by Crippen LogP contribution is -2.29. The fourth-order valence-corrected chi connectivity index (χ4v) is 4.78. The van der Waals surface area contributed by atoms with Gasteiger partial charge in [-0.15, -0.1) is 0 Å². The van der Waals surface area contributed by atoms with E-state index in [0.29, 0.717) is 17.1 Å². The Balaban J connectivity index is 1.97. The number of rotatable bonds is 6. The third kappa shape index (κ3) is 4.74. The number of aryl methyl sites for hydroxylation is 2. The fourth-order valence-electron chi connectivity index (χ4n) is 3.36. The molecule has 0 aromatic heterocycles. The summed E-state index contributed by atoms with van der Waals surface area (Å²) in [6.07, 6.45) is 0. The zero-order valence-corrected chi connectivity index (χ0v) is 20.2. The van der Waals surface area contributed by atoms with Crippen LogP contribution in [-0.2, 0) is 10.0 Å². The largest absolute Gasteiger partial charge is 0.497 e. The summed E-state index contributed by atoms with van der Waals surface area (Å²) >= 11 is 6.30. The van der Waals surface area contributed by atoms with Gasteiger partial charge in [-0.2, -0.15) is 0 Å². The molecule has 0 fully saturated rings. The van der Waals surface area contributed by atoms with E-state index < -0.39 is 15.9 Å². The highest BCUT2D eigenvalue weighted by Gasteiger charge is 2.25. The molecule has 0 saturated carbocycles. The molecule has 0 spiro atoms.